The summed E-state index contributed by atoms with van der Waals surface area (Å²) in [6.45, 7) is 2.23. The number of amides is 2. The highest BCUT2D eigenvalue weighted by atomic mass is 16.2. The van der Waals surface area contributed by atoms with Gasteiger partial charge in [0.05, 0.1) is 5.54 Å². The summed E-state index contributed by atoms with van der Waals surface area (Å²) in [7, 11) is 0. The summed E-state index contributed by atoms with van der Waals surface area (Å²) in [6.07, 6.45) is 8.60. The maximum Gasteiger partial charge on any atom is 0.319 e. The number of nitrogens with zero attached hydrogens (tertiary/aromatic N) is 1. The molecule has 108 valence electrons. The van der Waals surface area contributed by atoms with Crippen molar-refractivity contribution in [2.45, 2.75) is 57.4 Å². The molecule has 1 aliphatic heterocycles. The molecule has 1 aliphatic carbocycles. The van der Waals surface area contributed by atoms with Gasteiger partial charge < -0.3 is 5.73 Å². The highest BCUT2D eigenvalue weighted by Gasteiger charge is 2.47. The molecule has 3 heteroatoms. The van der Waals surface area contributed by atoms with Gasteiger partial charge in [0.25, 0.3) is 0 Å². The number of para-hydroxylation sites is 1. The van der Waals surface area contributed by atoms with Crippen LogP contribution in [-0.2, 0) is 6.42 Å². The van der Waals surface area contributed by atoms with Crippen molar-refractivity contribution in [1.82, 2.24) is 0 Å². The van der Waals surface area contributed by atoms with E-state index in [9.17, 15) is 4.79 Å². The Labute approximate surface area is 121 Å². The largest absolute Gasteiger partial charge is 0.351 e. The lowest BCUT2D eigenvalue weighted by Gasteiger charge is -2.41. The standard InChI is InChI=1S/C17H24N2O/c1-17(14-9-4-2-3-5-10-14)12-13-8-6-7-11-15(13)19(17)16(18)20/h6-8,11,14H,2-5,9-10,12H2,1H3,(H2,18,20). The van der Waals surface area contributed by atoms with Gasteiger partial charge in [-0.1, -0.05) is 43.9 Å². The quantitative estimate of drug-likeness (QED) is 0.775. The Morgan fingerprint density at radius 1 is 1.20 bits per heavy atom. The maximum absolute atomic E-state index is 12.1. The van der Waals surface area contributed by atoms with Gasteiger partial charge in [0, 0.05) is 5.69 Å². The molecule has 1 aromatic carbocycles. The van der Waals surface area contributed by atoms with E-state index in [1.54, 1.807) is 0 Å². The zero-order chi connectivity index (χ0) is 14.2. The minimum Gasteiger partial charge on any atom is -0.351 e. The average Bonchev–Trinajstić information content (AvgIpc) is 2.59. The number of rotatable bonds is 1. The van der Waals surface area contributed by atoms with Crippen LogP contribution in [0.2, 0.25) is 0 Å². The number of primary amides is 1. The second-order valence-corrected chi connectivity index (χ2v) is 6.52. The van der Waals surface area contributed by atoms with Crippen molar-refractivity contribution in [2.24, 2.45) is 11.7 Å². The number of anilines is 1. The molecule has 0 radical (unpaired) electrons. The Hall–Kier alpha value is -1.51. The topological polar surface area (TPSA) is 46.3 Å². The van der Waals surface area contributed by atoms with Crippen molar-refractivity contribution in [3.05, 3.63) is 29.8 Å². The van der Waals surface area contributed by atoms with Crippen LogP contribution in [0.5, 0.6) is 0 Å². The SMILES string of the molecule is CC1(C2CCCCCC2)Cc2ccccc2N1C(N)=O. The van der Waals surface area contributed by atoms with Crippen molar-refractivity contribution in [1.29, 1.82) is 0 Å². The first-order valence-electron chi connectivity index (χ1n) is 7.80. The summed E-state index contributed by atoms with van der Waals surface area (Å²) < 4.78 is 0. The molecular weight excluding hydrogens is 248 g/mol. The third-order valence-corrected chi connectivity index (χ3v) is 5.25. The third-order valence-electron chi connectivity index (χ3n) is 5.25. The minimum atomic E-state index is -0.304. The van der Waals surface area contributed by atoms with Gasteiger partial charge in [-0.05, 0) is 43.7 Å². The van der Waals surface area contributed by atoms with Crippen LogP contribution >= 0.6 is 0 Å². The van der Waals surface area contributed by atoms with E-state index in [1.807, 2.05) is 17.0 Å². The van der Waals surface area contributed by atoms with E-state index in [0.717, 1.165) is 12.1 Å². The normalized spacial score (nSPS) is 27.1. The fourth-order valence-corrected chi connectivity index (χ4v) is 4.22. The van der Waals surface area contributed by atoms with Gasteiger partial charge in [-0.3, -0.25) is 4.90 Å². The molecule has 0 saturated heterocycles. The Kier molecular flexibility index (Phi) is 3.45. The first-order chi connectivity index (χ1) is 9.63. The number of urea groups is 1. The summed E-state index contributed by atoms with van der Waals surface area (Å²) in [5.74, 6) is 0.560. The first kappa shape index (κ1) is 13.5. The van der Waals surface area contributed by atoms with E-state index in [2.05, 4.69) is 19.1 Å². The number of benzene rings is 1. The molecule has 1 saturated carbocycles. The molecule has 1 heterocycles. The third kappa shape index (κ3) is 2.09. The molecule has 1 atom stereocenters. The second kappa shape index (κ2) is 5.12. The van der Waals surface area contributed by atoms with Crippen LogP contribution in [0.3, 0.4) is 0 Å². The summed E-state index contributed by atoms with van der Waals surface area (Å²) in [5, 5.41) is 0. The number of hydrogen-bond donors (Lipinski definition) is 1. The van der Waals surface area contributed by atoms with Gasteiger partial charge in [0.2, 0.25) is 0 Å². The van der Waals surface area contributed by atoms with Crippen molar-refractivity contribution < 1.29 is 4.79 Å². The van der Waals surface area contributed by atoms with Gasteiger partial charge in [0.1, 0.15) is 0 Å². The molecule has 2 aliphatic rings. The van der Waals surface area contributed by atoms with Crippen LogP contribution in [0.25, 0.3) is 0 Å². The van der Waals surface area contributed by atoms with Crippen LogP contribution in [0.1, 0.15) is 51.0 Å². The van der Waals surface area contributed by atoms with Gasteiger partial charge in [0.15, 0.2) is 0 Å². The maximum atomic E-state index is 12.1. The lowest BCUT2D eigenvalue weighted by molar-refractivity contribution is 0.226. The van der Waals surface area contributed by atoms with Crippen LogP contribution in [0.15, 0.2) is 24.3 Å². The van der Waals surface area contributed by atoms with Gasteiger partial charge in [-0.2, -0.15) is 0 Å². The summed E-state index contributed by atoms with van der Waals surface area (Å²) in [6, 6.07) is 7.90. The zero-order valence-electron chi connectivity index (χ0n) is 12.3. The Morgan fingerprint density at radius 2 is 1.85 bits per heavy atom. The smallest absolute Gasteiger partial charge is 0.319 e. The second-order valence-electron chi connectivity index (χ2n) is 6.52. The van der Waals surface area contributed by atoms with Crippen LogP contribution in [0, 0.1) is 5.92 Å². The molecule has 3 rings (SSSR count). The van der Waals surface area contributed by atoms with E-state index in [-0.39, 0.29) is 11.6 Å². The van der Waals surface area contributed by atoms with Gasteiger partial charge in [-0.25, -0.2) is 4.79 Å². The lowest BCUT2D eigenvalue weighted by Crippen LogP contribution is -2.54. The Morgan fingerprint density at radius 3 is 2.50 bits per heavy atom. The number of carbonyl (C=O) groups is 1. The van der Waals surface area contributed by atoms with Crippen molar-refractivity contribution in [3.63, 3.8) is 0 Å². The molecule has 1 unspecified atom stereocenters. The molecule has 3 nitrogen and oxygen atoms in total. The monoisotopic (exact) mass is 272 g/mol. The van der Waals surface area contributed by atoms with Crippen molar-refractivity contribution in [3.8, 4) is 0 Å². The molecule has 1 fully saturated rings. The number of nitrogens with two attached hydrogens (primary N) is 1. The van der Waals surface area contributed by atoms with E-state index < -0.39 is 0 Å². The first-order valence-corrected chi connectivity index (χ1v) is 7.80. The van der Waals surface area contributed by atoms with E-state index in [4.69, 9.17) is 5.73 Å². The minimum absolute atomic E-state index is 0.139. The fraction of sp³-hybridized carbons (Fsp3) is 0.588. The van der Waals surface area contributed by atoms with E-state index in [0.29, 0.717) is 5.92 Å². The average molecular weight is 272 g/mol. The van der Waals surface area contributed by atoms with Gasteiger partial charge >= 0.3 is 6.03 Å². The molecule has 2 N–H and O–H groups in total. The molecule has 0 aromatic heterocycles. The zero-order valence-corrected chi connectivity index (χ0v) is 12.3. The van der Waals surface area contributed by atoms with Crippen LogP contribution in [-0.4, -0.2) is 11.6 Å². The Bertz CT molecular complexity index is 505. The van der Waals surface area contributed by atoms with Crippen molar-refractivity contribution >= 4 is 11.7 Å². The summed E-state index contributed by atoms with van der Waals surface area (Å²) in [4.78, 5) is 13.9. The predicted octanol–water partition coefficient (Wildman–Crippen LogP) is 3.86. The molecule has 0 spiro atoms. The van der Waals surface area contributed by atoms with Crippen molar-refractivity contribution in [2.75, 3.05) is 4.90 Å². The van der Waals surface area contributed by atoms with E-state index in [1.165, 1.54) is 44.1 Å². The molecule has 0 bridgehead atoms. The summed E-state index contributed by atoms with van der Waals surface area (Å²) in [5.41, 5.74) is 7.86. The van der Waals surface area contributed by atoms with Crippen LogP contribution in [0.4, 0.5) is 10.5 Å². The molecule has 2 amide bonds. The van der Waals surface area contributed by atoms with Gasteiger partial charge in [-0.15, -0.1) is 0 Å². The highest BCUT2D eigenvalue weighted by Crippen LogP contribution is 2.46. The fourth-order valence-electron chi connectivity index (χ4n) is 4.22. The Balaban J connectivity index is 1.98. The predicted molar refractivity (Wildman–Crippen MR) is 81.8 cm³/mol. The number of hydrogen-bond acceptors (Lipinski definition) is 1. The summed E-state index contributed by atoms with van der Waals surface area (Å²) >= 11 is 0. The molecular formula is C17H24N2O. The van der Waals surface area contributed by atoms with E-state index >= 15 is 0 Å². The molecule has 20 heavy (non-hydrogen) atoms. The molecule has 1 aromatic rings. The highest BCUT2D eigenvalue weighted by molar-refractivity contribution is 5.95. The number of fused-ring (bicyclic) bond motifs is 1. The lowest BCUT2D eigenvalue weighted by atomic mass is 9.78. The number of carbonyl (C=O) groups excluding carboxylic acids is 1. The van der Waals surface area contributed by atoms with Crippen LogP contribution < -0.4 is 10.6 Å².